The van der Waals surface area contributed by atoms with Crippen LogP contribution in [0.15, 0.2) is 42.5 Å². The van der Waals surface area contributed by atoms with E-state index < -0.39 is 17.9 Å². The van der Waals surface area contributed by atoms with E-state index in [0.29, 0.717) is 17.9 Å². The van der Waals surface area contributed by atoms with Crippen molar-refractivity contribution in [3.8, 4) is 11.5 Å². The number of carbonyl (C=O) groups is 2. The number of phenols is 1. The molecule has 2 aromatic carbocycles. The molecule has 0 aliphatic heterocycles. The predicted molar refractivity (Wildman–Crippen MR) is 111 cm³/mol. The van der Waals surface area contributed by atoms with E-state index >= 15 is 0 Å². The summed E-state index contributed by atoms with van der Waals surface area (Å²) in [5.41, 5.74) is 1.57. The lowest BCUT2D eigenvalue weighted by Crippen LogP contribution is -2.43. The third-order valence-corrected chi connectivity index (χ3v) is 4.61. The molecule has 0 unspecified atom stereocenters. The fourth-order valence-electron chi connectivity index (χ4n) is 3.07. The highest BCUT2D eigenvalue weighted by molar-refractivity contribution is 6.00. The number of unbranched alkanes of at least 4 members (excludes halogenated alkanes) is 2. The highest BCUT2D eigenvalue weighted by Gasteiger charge is 2.25. The Bertz CT molecular complexity index is 796. The number of hydrogen-bond acceptors (Lipinski definition) is 5. The van der Waals surface area contributed by atoms with Gasteiger partial charge in [-0.2, -0.15) is 0 Å². The molecule has 0 heterocycles. The predicted octanol–water partition coefficient (Wildman–Crippen LogP) is 3.78. The van der Waals surface area contributed by atoms with Crippen molar-refractivity contribution in [2.24, 2.45) is 0 Å². The lowest BCUT2D eigenvalue weighted by Gasteiger charge is -2.18. The molecule has 0 aliphatic carbocycles. The number of aromatic hydroxyl groups is 1. The van der Waals surface area contributed by atoms with Crippen molar-refractivity contribution in [2.75, 3.05) is 13.7 Å². The molecule has 0 spiro atoms. The van der Waals surface area contributed by atoms with Gasteiger partial charge in [0.05, 0.1) is 19.3 Å². The Kier molecular flexibility index (Phi) is 8.52. The number of esters is 1. The van der Waals surface area contributed by atoms with E-state index in [9.17, 15) is 14.7 Å². The second-order valence-corrected chi connectivity index (χ2v) is 6.93. The zero-order valence-electron chi connectivity index (χ0n) is 17.2. The number of methoxy groups -OCH3 is 1. The largest absolute Gasteiger partial charge is 0.507 e. The maximum atomic E-state index is 12.8. The van der Waals surface area contributed by atoms with Gasteiger partial charge in [0.1, 0.15) is 17.5 Å². The van der Waals surface area contributed by atoms with Crippen LogP contribution in [0.3, 0.4) is 0 Å². The van der Waals surface area contributed by atoms with Gasteiger partial charge in [0, 0.05) is 12.5 Å². The van der Waals surface area contributed by atoms with Crippen LogP contribution in [0.4, 0.5) is 0 Å². The zero-order valence-corrected chi connectivity index (χ0v) is 17.2. The number of phenolic OH excluding ortho intramolecular Hbond substituents is 1. The number of hydrogen-bond donors (Lipinski definition) is 2. The van der Waals surface area contributed by atoms with Crippen LogP contribution in [0.5, 0.6) is 11.5 Å². The maximum absolute atomic E-state index is 12.8. The first kappa shape index (κ1) is 22.3. The minimum absolute atomic E-state index is 0.118. The number of benzene rings is 2. The van der Waals surface area contributed by atoms with Crippen molar-refractivity contribution in [1.82, 2.24) is 5.32 Å². The van der Waals surface area contributed by atoms with Gasteiger partial charge in [0.2, 0.25) is 0 Å². The number of rotatable bonds is 10. The number of amides is 1. The molecule has 2 aromatic rings. The number of carbonyl (C=O) groups excluding carboxylic acids is 2. The molecule has 2 N–H and O–H groups in total. The van der Waals surface area contributed by atoms with Crippen LogP contribution < -0.4 is 10.1 Å². The molecule has 1 atom stereocenters. The molecule has 0 saturated carbocycles. The van der Waals surface area contributed by atoms with Crippen LogP contribution in [0.1, 0.15) is 47.7 Å². The summed E-state index contributed by atoms with van der Waals surface area (Å²) in [6.45, 7) is 4.39. The summed E-state index contributed by atoms with van der Waals surface area (Å²) in [6.07, 6.45) is 3.38. The van der Waals surface area contributed by atoms with Gasteiger partial charge in [-0.15, -0.1) is 0 Å². The Morgan fingerprint density at radius 2 is 1.86 bits per heavy atom. The smallest absolute Gasteiger partial charge is 0.328 e. The average Bonchev–Trinajstić information content (AvgIpc) is 2.70. The highest BCUT2D eigenvalue weighted by atomic mass is 16.5. The zero-order chi connectivity index (χ0) is 21.2. The van der Waals surface area contributed by atoms with E-state index in [4.69, 9.17) is 9.47 Å². The normalized spacial score (nSPS) is 11.6. The maximum Gasteiger partial charge on any atom is 0.328 e. The van der Waals surface area contributed by atoms with Crippen molar-refractivity contribution in [3.05, 3.63) is 59.2 Å². The number of ether oxygens (including phenoxy) is 2. The van der Waals surface area contributed by atoms with Crippen LogP contribution in [-0.2, 0) is 16.0 Å². The molecule has 0 fully saturated rings. The summed E-state index contributed by atoms with van der Waals surface area (Å²) in [5.74, 6) is -0.753. The Morgan fingerprint density at radius 1 is 1.14 bits per heavy atom. The summed E-state index contributed by atoms with van der Waals surface area (Å²) in [7, 11) is 1.28. The topological polar surface area (TPSA) is 84.9 Å². The second-order valence-electron chi connectivity index (χ2n) is 6.93. The van der Waals surface area contributed by atoms with E-state index in [2.05, 4.69) is 12.2 Å². The minimum atomic E-state index is -0.862. The monoisotopic (exact) mass is 399 g/mol. The van der Waals surface area contributed by atoms with Crippen LogP contribution in [-0.4, -0.2) is 36.7 Å². The van der Waals surface area contributed by atoms with Crippen molar-refractivity contribution in [3.63, 3.8) is 0 Å². The highest BCUT2D eigenvalue weighted by Crippen LogP contribution is 2.28. The molecule has 156 valence electrons. The van der Waals surface area contributed by atoms with Crippen molar-refractivity contribution in [2.45, 2.75) is 45.6 Å². The minimum Gasteiger partial charge on any atom is -0.507 e. The molecular formula is C23H29NO5. The van der Waals surface area contributed by atoms with Gasteiger partial charge in [0.15, 0.2) is 0 Å². The second kappa shape index (κ2) is 11.1. The summed E-state index contributed by atoms with van der Waals surface area (Å²) in [5, 5.41) is 13.1. The third-order valence-electron chi connectivity index (χ3n) is 4.61. The van der Waals surface area contributed by atoms with Crippen molar-refractivity contribution >= 4 is 11.9 Å². The van der Waals surface area contributed by atoms with Crippen LogP contribution in [0, 0.1) is 6.92 Å². The van der Waals surface area contributed by atoms with Crippen LogP contribution >= 0.6 is 0 Å². The van der Waals surface area contributed by atoms with Gasteiger partial charge in [-0.3, -0.25) is 4.79 Å². The SMILES string of the molecule is CCCCCOc1cc(C)c(C(=O)N[C@@H](Cc2ccccc2)C(=O)OC)c(O)c1. The van der Waals surface area contributed by atoms with Crippen LogP contribution in [0.2, 0.25) is 0 Å². The Hall–Kier alpha value is -3.02. The van der Waals surface area contributed by atoms with Crippen LogP contribution in [0.25, 0.3) is 0 Å². The molecule has 0 aliphatic rings. The standard InChI is InChI=1S/C23H29NO5/c1-4-5-9-12-29-18-13-16(2)21(20(25)15-18)22(26)24-19(23(27)28-3)14-17-10-7-6-8-11-17/h6-8,10-11,13,15,19,25H,4-5,9,12,14H2,1-3H3,(H,24,26)/t19-/m0/s1. The van der Waals surface area contributed by atoms with Gasteiger partial charge in [-0.25, -0.2) is 4.79 Å². The molecule has 0 radical (unpaired) electrons. The number of nitrogens with one attached hydrogen (secondary N) is 1. The summed E-state index contributed by atoms with van der Waals surface area (Å²) in [4.78, 5) is 25.0. The Labute approximate surface area is 171 Å². The molecule has 0 saturated heterocycles. The van der Waals surface area contributed by atoms with Gasteiger partial charge >= 0.3 is 5.97 Å². The third kappa shape index (κ3) is 6.52. The molecule has 29 heavy (non-hydrogen) atoms. The van der Waals surface area contributed by atoms with Gasteiger partial charge in [-0.05, 0) is 30.5 Å². The fraction of sp³-hybridized carbons (Fsp3) is 0.391. The number of aryl methyl sites for hydroxylation is 1. The first-order valence-corrected chi connectivity index (χ1v) is 9.85. The van der Waals surface area contributed by atoms with Gasteiger partial charge < -0.3 is 19.9 Å². The van der Waals surface area contributed by atoms with E-state index in [1.807, 2.05) is 30.3 Å². The summed E-state index contributed by atoms with van der Waals surface area (Å²) in [6, 6.07) is 11.6. The molecular weight excluding hydrogens is 370 g/mol. The summed E-state index contributed by atoms with van der Waals surface area (Å²) < 4.78 is 10.5. The fourth-order valence-corrected chi connectivity index (χ4v) is 3.07. The molecule has 0 aromatic heterocycles. The molecule has 2 rings (SSSR count). The first-order valence-electron chi connectivity index (χ1n) is 9.85. The Balaban J connectivity index is 2.13. The van der Waals surface area contributed by atoms with E-state index in [1.54, 1.807) is 13.0 Å². The molecule has 1 amide bonds. The summed E-state index contributed by atoms with van der Waals surface area (Å²) >= 11 is 0. The molecule has 0 bridgehead atoms. The van der Waals surface area contributed by atoms with E-state index in [-0.39, 0.29) is 17.7 Å². The average molecular weight is 399 g/mol. The molecule has 6 heteroatoms. The van der Waals surface area contributed by atoms with Gasteiger partial charge in [0.25, 0.3) is 5.91 Å². The Morgan fingerprint density at radius 3 is 2.48 bits per heavy atom. The van der Waals surface area contributed by atoms with Crippen molar-refractivity contribution in [1.29, 1.82) is 0 Å². The quantitative estimate of drug-likeness (QED) is 0.469. The van der Waals surface area contributed by atoms with E-state index in [1.165, 1.54) is 13.2 Å². The van der Waals surface area contributed by atoms with E-state index in [0.717, 1.165) is 24.8 Å². The van der Waals surface area contributed by atoms with Crippen molar-refractivity contribution < 1.29 is 24.2 Å². The first-order chi connectivity index (χ1) is 14.0. The lowest BCUT2D eigenvalue weighted by atomic mass is 10.0. The molecule has 6 nitrogen and oxygen atoms in total. The lowest BCUT2D eigenvalue weighted by molar-refractivity contribution is -0.142. The van der Waals surface area contributed by atoms with Gasteiger partial charge in [-0.1, -0.05) is 50.1 Å².